The Morgan fingerprint density at radius 1 is 1.03 bits per heavy atom. The molecule has 0 aromatic carbocycles. The first kappa shape index (κ1) is 20.1. The summed E-state index contributed by atoms with van der Waals surface area (Å²) in [6.45, 7) is 2.14. The number of carbonyl (C=O) groups is 1. The van der Waals surface area contributed by atoms with Crippen LogP contribution in [0, 0.1) is 17.8 Å². The zero-order valence-electron chi connectivity index (χ0n) is 19.1. The van der Waals surface area contributed by atoms with E-state index in [0.717, 1.165) is 34.6 Å². The van der Waals surface area contributed by atoms with E-state index in [9.17, 15) is 4.79 Å². The summed E-state index contributed by atoms with van der Waals surface area (Å²) in [7, 11) is 3.77. The molecule has 4 aromatic rings. The molecule has 9 heteroatoms. The van der Waals surface area contributed by atoms with Crippen LogP contribution in [0.5, 0.6) is 0 Å². The average Bonchev–Trinajstić information content (AvgIpc) is 3.60. The maximum absolute atomic E-state index is 13.2. The van der Waals surface area contributed by atoms with Gasteiger partial charge < -0.3 is 5.32 Å². The smallest absolute Gasteiger partial charge is 0.272 e. The number of hydrogen-bond donors (Lipinski definition) is 1. The molecule has 0 aliphatic heterocycles. The van der Waals surface area contributed by atoms with Gasteiger partial charge in [-0.3, -0.25) is 14.2 Å². The number of nitrogens with one attached hydrogen (secondary N) is 1. The summed E-state index contributed by atoms with van der Waals surface area (Å²) in [6, 6.07) is 7.73. The molecule has 4 heterocycles. The van der Waals surface area contributed by atoms with Gasteiger partial charge in [-0.25, -0.2) is 9.50 Å². The van der Waals surface area contributed by atoms with Crippen molar-refractivity contribution in [1.29, 1.82) is 0 Å². The number of nitrogens with zero attached hydrogens (tertiary/aromatic N) is 7. The number of fused-ring (bicyclic) bond motifs is 3. The number of amides is 1. The fourth-order valence-electron chi connectivity index (χ4n) is 5.94. The van der Waals surface area contributed by atoms with Gasteiger partial charge in [0.25, 0.3) is 5.91 Å². The molecule has 0 saturated heterocycles. The van der Waals surface area contributed by atoms with Crippen LogP contribution in [0.2, 0.25) is 0 Å². The Hall–Kier alpha value is -3.49. The fourth-order valence-corrected chi connectivity index (χ4v) is 5.94. The summed E-state index contributed by atoms with van der Waals surface area (Å²) >= 11 is 0. The molecule has 1 amide bonds. The van der Waals surface area contributed by atoms with Gasteiger partial charge in [-0.05, 0) is 62.1 Å². The van der Waals surface area contributed by atoms with Crippen LogP contribution in [0.3, 0.4) is 0 Å². The van der Waals surface area contributed by atoms with Gasteiger partial charge >= 0.3 is 0 Å². The molecule has 4 atom stereocenters. The third-order valence-corrected chi connectivity index (χ3v) is 7.62. The quantitative estimate of drug-likeness (QED) is 0.510. The topological polar surface area (TPSA) is 94.9 Å². The van der Waals surface area contributed by atoms with E-state index in [-0.39, 0.29) is 11.9 Å². The molecule has 2 fully saturated rings. The second-order valence-electron chi connectivity index (χ2n) is 9.61. The maximum atomic E-state index is 13.2. The molecule has 2 aliphatic carbocycles. The van der Waals surface area contributed by atoms with Crippen molar-refractivity contribution < 1.29 is 4.79 Å². The highest BCUT2D eigenvalue weighted by molar-refractivity contribution is 5.93. The van der Waals surface area contributed by atoms with Crippen LogP contribution in [0.4, 0.5) is 0 Å². The Morgan fingerprint density at radius 2 is 1.79 bits per heavy atom. The molecule has 2 bridgehead atoms. The summed E-state index contributed by atoms with van der Waals surface area (Å²) in [5, 5.41) is 16.5. The first-order valence-corrected chi connectivity index (χ1v) is 11.7. The Kier molecular flexibility index (Phi) is 4.60. The highest BCUT2D eigenvalue weighted by Crippen LogP contribution is 2.49. The van der Waals surface area contributed by atoms with Crippen molar-refractivity contribution in [2.45, 2.75) is 38.6 Å². The van der Waals surface area contributed by atoms with Gasteiger partial charge in [0.2, 0.25) is 0 Å². The second-order valence-corrected chi connectivity index (χ2v) is 9.61. The maximum Gasteiger partial charge on any atom is 0.272 e. The SMILES string of the molecule is C[C@@H](NC(=O)c1cc2nc(-c3ccnn3C)cc(-c3ccnn3C)n2n1)[C@H]1C[C@H]2CC[C@H]1C2. The minimum Gasteiger partial charge on any atom is -0.348 e. The summed E-state index contributed by atoms with van der Waals surface area (Å²) in [4.78, 5) is 18.0. The van der Waals surface area contributed by atoms with Crippen LogP contribution in [0.1, 0.15) is 43.1 Å². The van der Waals surface area contributed by atoms with Crippen LogP contribution >= 0.6 is 0 Å². The van der Waals surface area contributed by atoms with E-state index < -0.39 is 0 Å². The van der Waals surface area contributed by atoms with Gasteiger partial charge in [0.1, 0.15) is 0 Å². The fraction of sp³-hybridized carbons (Fsp3) is 0.458. The molecule has 9 nitrogen and oxygen atoms in total. The molecule has 2 saturated carbocycles. The molecule has 33 heavy (non-hydrogen) atoms. The van der Waals surface area contributed by atoms with Gasteiger partial charge in [-0.1, -0.05) is 6.42 Å². The molecule has 0 spiro atoms. The minimum absolute atomic E-state index is 0.145. The van der Waals surface area contributed by atoms with E-state index in [1.807, 2.05) is 32.3 Å². The number of aromatic nitrogens is 7. The largest absolute Gasteiger partial charge is 0.348 e. The van der Waals surface area contributed by atoms with E-state index in [0.29, 0.717) is 17.3 Å². The molecule has 4 aromatic heterocycles. The highest BCUT2D eigenvalue weighted by Gasteiger charge is 2.42. The Balaban J connectivity index is 1.37. The minimum atomic E-state index is -0.145. The summed E-state index contributed by atoms with van der Waals surface area (Å²) < 4.78 is 5.31. The second kappa shape index (κ2) is 7.54. The van der Waals surface area contributed by atoms with Crippen LogP contribution < -0.4 is 5.32 Å². The van der Waals surface area contributed by atoms with Gasteiger partial charge in [-0.2, -0.15) is 15.3 Å². The molecule has 170 valence electrons. The predicted octanol–water partition coefficient (Wildman–Crippen LogP) is 3.08. The Bertz CT molecular complexity index is 1350. The van der Waals surface area contributed by atoms with Crippen LogP contribution in [-0.4, -0.2) is 46.1 Å². The lowest BCUT2D eigenvalue weighted by Crippen LogP contribution is -2.40. The van der Waals surface area contributed by atoms with Crippen LogP contribution in [-0.2, 0) is 14.1 Å². The number of aryl methyl sites for hydroxylation is 2. The number of carbonyl (C=O) groups excluding carboxylic acids is 1. The average molecular weight is 445 g/mol. The van der Waals surface area contributed by atoms with Crippen LogP contribution in [0.15, 0.2) is 36.7 Å². The zero-order chi connectivity index (χ0) is 22.7. The highest BCUT2D eigenvalue weighted by atomic mass is 16.2. The van der Waals surface area contributed by atoms with Gasteiger partial charge in [0, 0.05) is 38.6 Å². The van der Waals surface area contributed by atoms with Crippen molar-refractivity contribution in [1.82, 2.24) is 39.5 Å². The van der Waals surface area contributed by atoms with Gasteiger partial charge in [0.05, 0.1) is 22.8 Å². The predicted molar refractivity (Wildman–Crippen MR) is 123 cm³/mol. The van der Waals surface area contributed by atoms with Crippen molar-refractivity contribution in [3.63, 3.8) is 0 Å². The first-order valence-electron chi connectivity index (χ1n) is 11.7. The first-order chi connectivity index (χ1) is 16.0. The van der Waals surface area contributed by atoms with E-state index in [2.05, 4.69) is 27.5 Å². The van der Waals surface area contributed by atoms with Crippen molar-refractivity contribution in [3.8, 4) is 22.8 Å². The van der Waals surface area contributed by atoms with E-state index >= 15 is 0 Å². The zero-order valence-corrected chi connectivity index (χ0v) is 19.1. The molecule has 1 N–H and O–H groups in total. The van der Waals surface area contributed by atoms with Crippen LogP contribution in [0.25, 0.3) is 28.4 Å². The number of rotatable bonds is 5. The Labute approximate surface area is 191 Å². The molecule has 6 rings (SSSR count). The standard InChI is InChI=1S/C24H28N8O/c1-14(17-11-15-4-5-16(17)10-15)27-24(33)19-13-23-28-18(20-6-8-25-30(20)2)12-22(32(23)29-19)21-7-9-26-31(21)3/h6-9,12-17H,4-5,10-11H2,1-3H3,(H,27,33)/t14-,15+,16+,17-/m1/s1. The summed E-state index contributed by atoms with van der Waals surface area (Å²) in [6.07, 6.45) is 8.72. The lowest BCUT2D eigenvalue weighted by atomic mass is 9.84. The molecular formula is C24H28N8O. The van der Waals surface area contributed by atoms with E-state index in [4.69, 9.17) is 4.98 Å². The van der Waals surface area contributed by atoms with Crippen molar-refractivity contribution in [2.24, 2.45) is 31.8 Å². The summed E-state index contributed by atoms with van der Waals surface area (Å²) in [5.74, 6) is 2.04. The van der Waals surface area contributed by atoms with E-state index in [1.165, 1.54) is 25.7 Å². The molecule has 0 unspecified atom stereocenters. The van der Waals surface area contributed by atoms with Crippen molar-refractivity contribution in [2.75, 3.05) is 0 Å². The third-order valence-electron chi connectivity index (χ3n) is 7.62. The molecular weight excluding hydrogens is 416 g/mol. The molecule has 2 aliphatic rings. The summed E-state index contributed by atoms with van der Waals surface area (Å²) in [5.41, 5.74) is 4.34. The number of hydrogen-bond acceptors (Lipinski definition) is 5. The van der Waals surface area contributed by atoms with Gasteiger partial charge in [0.15, 0.2) is 11.3 Å². The van der Waals surface area contributed by atoms with Gasteiger partial charge in [-0.15, -0.1) is 0 Å². The van der Waals surface area contributed by atoms with Crippen molar-refractivity contribution >= 4 is 11.6 Å². The van der Waals surface area contributed by atoms with E-state index in [1.54, 1.807) is 32.3 Å². The van der Waals surface area contributed by atoms with Crippen molar-refractivity contribution in [3.05, 3.63) is 42.4 Å². The molecule has 0 radical (unpaired) electrons. The third kappa shape index (κ3) is 3.34. The Morgan fingerprint density at radius 3 is 2.42 bits per heavy atom. The lowest BCUT2D eigenvalue weighted by molar-refractivity contribution is 0.0910. The lowest BCUT2D eigenvalue weighted by Gasteiger charge is -2.28. The monoisotopic (exact) mass is 444 g/mol. The normalized spacial score (nSPS) is 22.8.